The van der Waals surface area contributed by atoms with Crippen molar-refractivity contribution < 1.29 is 9.72 Å². The van der Waals surface area contributed by atoms with E-state index < -0.39 is 4.92 Å². The first-order valence-electron chi connectivity index (χ1n) is 7.49. The normalized spacial score (nSPS) is 14.5. The van der Waals surface area contributed by atoms with Crippen molar-refractivity contribution in [2.45, 2.75) is 11.0 Å². The molecule has 124 valence electrons. The quantitative estimate of drug-likeness (QED) is 0.637. The fourth-order valence-electron chi connectivity index (χ4n) is 2.53. The van der Waals surface area contributed by atoms with Crippen LogP contribution in [0.25, 0.3) is 0 Å². The summed E-state index contributed by atoms with van der Waals surface area (Å²) in [5.41, 5.74) is 2.30. The molecule has 3 rings (SSSR count). The van der Waals surface area contributed by atoms with Gasteiger partial charge in [0.1, 0.15) is 0 Å². The summed E-state index contributed by atoms with van der Waals surface area (Å²) in [6, 6.07) is 14.1. The molecule has 1 aliphatic heterocycles. The van der Waals surface area contributed by atoms with Crippen LogP contribution in [-0.4, -0.2) is 22.3 Å². The molecule has 5 nitrogen and oxygen atoms in total. The molecule has 1 amide bonds. The molecular formula is C17H16N2O3S2. The monoisotopic (exact) mass is 360 g/mol. The van der Waals surface area contributed by atoms with Gasteiger partial charge in [-0.3, -0.25) is 14.9 Å². The Kier molecular flexibility index (Phi) is 5.42. The van der Waals surface area contributed by atoms with Crippen LogP contribution >= 0.6 is 23.5 Å². The minimum atomic E-state index is -0.461. The molecule has 1 saturated heterocycles. The van der Waals surface area contributed by atoms with Crippen LogP contribution in [0.5, 0.6) is 0 Å². The van der Waals surface area contributed by atoms with E-state index in [0.29, 0.717) is 10.1 Å². The van der Waals surface area contributed by atoms with Gasteiger partial charge < -0.3 is 5.32 Å². The number of hydrogen-bond donors (Lipinski definition) is 1. The number of benzene rings is 2. The van der Waals surface area contributed by atoms with E-state index in [0.717, 1.165) is 17.2 Å². The predicted molar refractivity (Wildman–Crippen MR) is 99.5 cm³/mol. The van der Waals surface area contributed by atoms with Gasteiger partial charge in [-0.2, -0.15) is 0 Å². The molecule has 0 spiro atoms. The number of para-hydroxylation sites is 1. The van der Waals surface area contributed by atoms with Crippen LogP contribution in [0.1, 0.15) is 15.7 Å². The molecule has 1 aliphatic rings. The van der Waals surface area contributed by atoms with Crippen LogP contribution < -0.4 is 5.32 Å². The molecule has 1 N–H and O–H groups in total. The molecule has 0 bridgehead atoms. The van der Waals surface area contributed by atoms with Gasteiger partial charge in [0.2, 0.25) is 5.91 Å². The van der Waals surface area contributed by atoms with Crippen LogP contribution in [0, 0.1) is 10.1 Å². The number of nitro groups is 1. The number of carbonyl (C=O) groups is 1. The minimum Gasteiger partial charge on any atom is -0.326 e. The highest BCUT2D eigenvalue weighted by Gasteiger charge is 2.19. The molecule has 0 radical (unpaired) electrons. The summed E-state index contributed by atoms with van der Waals surface area (Å²) < 4.78 is 0.414. The predicted octanol–water partition coefficient (Wildman–Crippen LogP) is 4.25. The zero-order valence-corrected chi connectivity index (χ0v) is 14.4. The molecule has 1 fully saturated rings. The van der Waals surface area contributed by atoms with Gasteiger partial charge in [0, 0.05) is 28.8 Å². The summed E-state index contributed by atoms with van der Waals surface area (Å²) in [6.45, 7) is 0. The lowest BCUT2D eigenvalue weighted by Gasteiger charge is -2.11. The van der Waals surface area contributed by atoms with Crippen molar-refractivity contribution in [1.29, 1.82) is 0 Å². The number of nitro benzene ring substituents is 1. The van der Waals surface area contributed by atoms with E-state index in [4.69, 9.17) is 0 Å². The SMILES string of the molecule is O=C(Cc1ccccc1[N+](=O)[O-])Nc1cccc(C2SCCS2)c1. The molecule has 2 aromatic rings. The first kappa shape index (κ1) is 16.9. The largest absolute Gasteiger partial charge is 0.326 e. The number of nitrogens with zero attached hydrogens (tertiary/aromatic N) is 1. The van der Waals surface area contributed by atoms with Crippen molar-refractivity contribution in [1.82, 2.24) is 0 Å². The topological polar surface area (TPSA) is 72.2 Å². The Labute approximate surface area is 148 Å². The number of nitrogens with one attached hydrogen (secondary N) is 1. The van der Waals surface area contributed by atoms with E-state index in [9.17, 15) is 14.9 Å². The minimum absolute atomic E-state index is 0.0195. The number of hydrogen-bond acceptors (Lipinski definition) is 5. The van der Waals surface area contributed by atoms with Crippen LogP contribution in [0.2, 0.25) is 0 Å². The highest BCUT2D eigenvalue weighted by atomic mass is 32.2. The van der Waals surface area contributed by atoms with E-state index in [1.807, 2.05) is 41.7 Å². The van der Waals surface area contributed by atoms with Crippen LogP contribution in [0.3, 0.4) is 0 Å². The Hall–Kier alpha value is -1.99. The number of amides is 1. The van der Waals surface area contributed by atoms with Crippen molar-refractivity contribution in [2.75, 3.05) is 16.8 Å². The summed E-state index contributed by atoms with van der Waals surface area (Å²) in [5, 5.41) is 13.9. The van der Waals surface area contributed by atoms with E-state index in [1.54, 1.807) is 18.2 Å². The van der Waals surface area contributed by atoms with Crippen molar-refractivity contribution in [2.24, 2.45) is 0 Å². The molecule has 2 aromatic carbocycles. The van der Waals surface area contributed by atoms with Gasteiger partial charge in [-0.05, 0) is 17.7 Å². The summed E-state index contributed by atoms with van der Waals surface area (Å²) in [7, 11) is 0. The van der Waals surface area contributed by atoms with E-state index in [-0.39, 0.29) is 18.0 Å². The Morgan fingerprint density at radius 3 is 2.67 bits per heavy atom. The maximum Gasteiger partial charge on any atom is 0.273 e. The first-order chi connectivity index (χ1) is 11.6. The summed E-state index contributed by atoms with van der Waals surface area (Å²) in [5.74, 6) is 2.03. The maximum atomic E-state index is 12.2. The number of carbonyl (C=O) groups excluding carboxylic acids is 1. The van der Waals surface area contributed by atoms with E-state index in [2.05, 4.69) is 11.4 Å². The molecular weight excluding hydrogens is 344 g/mol. The Morgan fingerprint density at radius 1 is 1.17 bits per heavy atom. The van der Waals surface area contributed by atoms with Gasteiger partial charge in [-0.25, -0.2) is 0 Å². The van der Waals surface area contributed by atoms with Gasteiger partial charge in [0.15, 0.2) is 0 Å². The third-order valence-electron chi connectivity index (χ3n) is 3.60. The molecule has 0 unspecified atom stereocenters. The lowest BCUT2D eigenvalue weighted by Crippen LogP contribution is -2.15. The molecule has 0 saturated carbocycles. The molecule has 0 aliphatic carbocycles. The third kappa shape index (κ3) is 4.10. The Morgan fingerprint density at radius 2 is 1.92 bits per heavy atom. The number of rotatable bonds is 5. The highest BCUT2D eigenvalue weighted by molar-refractivity contribution is 8.19. The van der Waals surface area contributed by atoms with Crippen molar-refractivity contribution >= 4 is 40.8 Å². The second-order valence-corrected chi connectivity index (χ2v) is 8.03. The molecule has 24 heavy (non-hydrogen) atoms. The van der Waals surface area contributed by atoms with Gasteiger partial charge in [0.25, 0.3) is 5.69 Å². The van der Waals surface area contributed by atoms with E-state index >= 15 is 0 Å². The van der Waals surface area contributed by atoms with Crippen LogP contribution in [-0.2, 0) is 11.2 Å². The third-order valence-corrected chi connectivity index (χ3v) is 6.71. The van der Waals surface area contributed by atoms with Gasteiger partial charge in [0.05, 0.1) is 15.9 Å². The summed E-state index contributed by atoms with van der Waals surface area (Å²) >= 11 is 3.81. The maximum absolute atomic E-state index is 12.2. The van der Waals surface area contributed by atoms with Gasteiger partial charge >= 0.3 is 0 Å². The number of thioether (sulfide) groups is 2. The second kappa shape index (κ2) is 7.72. The lowest BCUT2D eigenvalue weighted by atomic mass is 10.1. The molecule has 7 heteroatoms. The first-order valence-corrected chi connectivity index (χ1v) is 9.58. The zero-order chi connectivity index (χ0) is 16.9. The number of anilines is 1. The van der Waals surface area contributed by atoms with Crippen molar-refractivity contribution in [3.63, 3.8) is 0 Å². The van der Waals surface area contributed by atoms with Crippen LogP contribution in [0.15, 0.2) is 48.5 Å². The second-order valence-electron chi connectivity index (χ2n) is 5.31. The molecule has 0 aromatic heterocycles. The van der Waals surface area contributed by atoms with Gasteiger partial charge in [-0.15, -0.1) is 23.5 Å². The standard InChI is InChI=1S/C17H16N2O3S2/c20-16(11-12-4-1-2-7-15(12)19(21)22)18-14-6-3-5-13(10-14)17-23-8-9-24-17/h1-7,10,17H,8-9,11H2,(H,18,20). The zero-order valence-electron chi connectivity index (χ0n) is 12.8. The summed E-state index contributed by atoms with van der Waals surface area (Å²) in [6.07, 6.45) is -0.0195. The highest BCUT2D eigenvalue weighted by Crippen LogP contribution is 2.45. The molecule has 1 heterocycles. The van der Waals surface area contributed by atoms with Crippen molar-refractivity contribution in [3.05, 3.63) is 69.8 Å². The average molecular weight is 360 g/mol. The summed E-state index contributed by atoms with van der Waals surface area (Å²) in [4.78, 5) is 22.8. The molecule has 0 atom stereocenters. The lowest BCUT2D eigenvalue weighted by molar-refractivity contribution is -0.385. The van der Waals surface area contributed by atoms with E-state index in [1.165, 1.54) is 11.6 Å². The fourth-order valence-corrected chi connectivity index (χ4v) is 5.37. The van der Waals surface area contributed by atoms with Crippen LogP contribution in [0.4, 0.5) is 11.4 Å². The van der Waals surface area contributed by atoms with Crippen molar-refractivity contribution in [3.8, 4) is 0 Å². The Bertz CT molecular complexity index is 761. The van der Waals surface area contributed by atoms with Gasteiger partial charge in [-0.1, -0.05) is 30.3 Å². The average Bonchev–Trinajstić information content (AvgIpc) is 3.10. The smallest absolute Gasteiger partial charge is 0.273 e. The Balaban J connectivity index is 1.69. The fraction of sp³-hybridized carbons (Fsp3) is 0.235.